The van der Waals surface area contributed by atoms with Crippen LogP contribution in [0, 0.1) is 30.3 Å². The Balaban J connectivity index is 0.000000285. The van der Waals surface area contributed by atoms with Gasteiger partial charge in [0.05, 0.1) is 40.1 Å². The molecule has 8 rings (SSSR count). The molecular weight excluding hydrogens is 1570 g/mol. The van der Waals surface area contributed by atoms with E-state index in [1.54, 1.807) is 45.0 Å². The molecule has 3 unspecified atom stereocenters. The van der Waals surface area contributed by atoms with Crippen LogP contribution in [-0.2, 0) is 28.6 Å². The molecule has 0 radical (unpaired) electrons. The minimum Gasteiger partial charge on any atom is -0.508 e. The number of anilines is 2. The summed E-state index contributed by atoms with van der Waals surface area (Å²) in [5.41, 5.74) is -1.91. The average molecular weight is 1660 g/mol. The number of ether oxygens (including phenoxy) is 3. The van der Waals surface area contributed by atoms with E-state index in [0.717, 1.165) is 42.5 Å². The number of aliphatic carboxylic acids is 1. The van der Waals surface area contributed by atoms with E-state index in [-0.39, 0.29) is 110 Å². The zero-order chi connectivity index (χ0) is 87.6. The number of hydrogen-bond acceptors (Lipinski definition) is 29. The van der Waals surface area contributed by atoms with Crippen molar-refractivity contribution >= 4 is 123 Å². The molecule has 40 nitrogen and oxygen atoms in total. The Morgan fingerprint density at radius 3 is 1.53 bits per heavy atom. The van der Waals surface area contributed by atoms with Crippen molar-refractivity contribution in [3.05, 3.63) is 190 Å². The van der Waals surface area contributed by atoms with Crippen molar-refractivity contribution in [2.75, 3.05) is 58.2 Å². The smallest absolute Gasteiger partial charge is 0.488 e. The first kappa shape index (κ1) is 92.6. The number of nitrogens with zero attached hydrogens (tertiary/aromatic N) is 4. The molecule has 3 atom stereocenters. The zero-order valence-electron chi connectivity index (χ0n) is 64.2. The Labute approximate surface area is 675 Å². The number of nitrogens with one attached hydrogen (secondary N) is 7. The van der Waals surface area contributed by atoms with E-state index in [2.05, 4.69) is 37.2 Å². The lowest BCUT2D eigenvalue weighted by Gasteiger charge is -2.20. The Morgan fingerprint density at radius 1 is 0.551 bits per heavy atom. The van der Waals surface area contributed by atoms with Crippen LogP contribution in [0.25, 0.3) is 33.4 Å². The number of alkyl carbamates (subject to hydrolysis) is 1. The highest BCUT2D eigenvalue weighted by atomic mass is 32.1. The molecule has 0 bridgehead atoms. The van der Waals surface area contributed by atoms with Crippen LogP contribution in [-0.4, -0.2) is 198 Å². The molecule has 1 heterocycles. The van der Waals surface area contributed by atoms with Gasteiger partial charge in [0, 0.05) is 109 Å². The fraction of sp³-hybridized carbons (Fsp3) is 0.303. The van der Waals surface area contributed by atoms with Gasteiger partial charge >= 0.3 is 37.1 Å². The molecule has 626 valence electrons. The van der Waals surface area contributed by atoms with Crippen molar-refractivity contribution < 1.29 is 122 Å². The van der Waals surface area contributed by atoms with E-state index in [9.17, 15) is 124 Å². The highest BCUT2D eigenvalue weighted by Gasteiger charge is 2.32. The number of thiocarbonyl (C=S) groups is 1. The lowest BCUT2D eigenvalue weighted by molar-refractivity contribution is -0.392. The van der Waals surface area contributed by atoms with E-state index in [4.69, 9.17) is 30.8 Å². The van der Waals surface area contributed by atoms with Crippen molar-refractivity contribution in [3.8, 4) is 51.2 Å². The molecule has 5 amide bonds. The van der Waals surface area contributed by atoms with E-state index < -0.39 is 128 Å². The highest BCUT2D eigenvalue weighted by molar-refractivity contribution is 7.80. The van der Waals surface area contributed by atoms with Crippen LogP contribution in [0.5, 0.6) is 28.7 Å². The van der Waals surface area contributed by atoms with E-state index in [0.29, 0.717) is 73.0 Å². The van der Waals surface area contributed by atoms with E-state index in [1.165, 1.54) is 87.8 Å². The van der Waals surface area contributed by atoms with Crippen LogP contribution in [0.3, 0.4) is 0 Å². The summed E-state index contributed by atoms with van der Waals surface area (Å²) in [7, 11) is 3.06. The maximum absolute atomic E-state index is 12.6. The van der Waals surface area contributed by atoms with E-state index in [1.807, 2.05) is 0 Å². The molecule has 6 aromatic rings. The minimum absolute atomic E-state index is 0.0423. The number of phenols is 5. The monoisotopic (exact) mass is 1660 g/mol. The topological polar surface area (TPSA) is 610 Å². The van der Waals surface area contributed by atoms with Crippen LogP contribution in [0.2, 0.25) is 0 Å². The molecule has 1 aliphatic carbocycles. The number of esters is 2. The molecule has 0 saturated carbocycles. The van der Waals surface area contributed by atoms with Crippen LogP contribution >= 0.6 is 12.2 Å². The van der Waals surface area contributed by atoms with Gasteiger partial charge in [-0.05, 0) is 181 Å². The Bertz CT molecular complexity index is 5100. The van der Waals surface area contributed by atoms with Gasteiger partial charge in [-0.15, -0.1) is 0 Å². The van der Waals surface area contributed by atoms with Gasteiger partial charge in [-0.3, -0.25) is 54.3 Å². The highest BCUT2D eigenvalue weighted by Crippen LogP contribution is 2.43. The normalized spacial score (nSPS) is 11.5. The second-order valence-electron chi connectivity index (χ2n) is 27.0. The SMILES string of the molecule is CN(C)c1c([N+](=O)[O-])cc(C(=O)NCCCCC(NC(=O)c2cc(B(O)O)cc([N+](=O)[O-])c2)C(=O)O)cc1[N+](=O)[O-].COC(=O)C(CCCCNC(=O)OC(C)(C)C)NC(=O)c1ccc(O)c(O)c1.COC(=O)C(CCCCNC(=S)Nc1ccc(-c2c3ccc(=O)cc-3oc3cc(O)ccc23)c(C(=O)O)c1)NC(=O)c1ccc(O)c(O)c1. The molecule has 2 aliphatic rings. The first-order valence-corrected chi connectivity index (χ1v) is 36.0. The maximum atomic E-state index is 12.6. The molecule has 0 spiro atoms. The lowest BCUT2D eigenvalue weighted by atomic mass is 9.79. The predicted octanol–water partition coefficient (Wildman–Crippen LogP) is 6.81. The van der Waals surface area contributed by atoms with Gasteiger partial charge in [0.25, 0.3) is 40.7 Å². The number of unbranched alkanes of at least 4 members (excludes halogenated alkanes) is 3. The van der Waals surface area contributed by atoms with Gasteiger partial charge in [0.15, 0.2) is 39.2 Å². The Kier molecular flexibility index (Phi) is 33.5. The second-order valence-corrected chi connectivity index (χ2v) is 27.4. The fourth-order valence-electron chi connectivity index (χ4n) is 11.4. The first-order chi connectivity index (χ1) is 55.6. The molecule has 1 aliphatic heterocycles. The van der Waals surface area contributed by atoms with Crippen molar-refractivity contribution in [3.63, 3.8) is 0 Å². The molecule has 16 N–H and O–H groups in total. The third-order valence-electron chi connectivity index (χ3n) is 17.0. The van der Waals surface area contributed by atoms with Crippen LogP contribution < -0.4 is 53.0 Å². The molecule has 118 heavy (non-hydrogen) atoms. The van der Waals surface area contributed by atoms with E-state index >= 15 is 0 Å². The van der Waals surface area contributed by atoms with Crippen molar-refractivity contribution in [2.45, 2.75) is 102 Å². The van der Waals surface area contributed by atoms with Crippen LogP contribution in [0.1, 0.15) is 130 Å². The first-order valence-electron chi connectivity index (χ1n) is 35.6. The number of carbonyl (C=O) groups excluding carboxylic acids is 7. The number of carboxylic acid groups (broad SMARTS) is 2. The summed E-state index contributed by atoms with van der Waals surface area (Å²) in [6.07, 6.45) is 2.39. The predicted molar refractivity (Wildman–Crippen MR) is 427 cm³/mol. The number of nitro groups is 3. The summed E-state index contributed by atoms with van der Waals surface area (Å²) in [6, 6.07) is 21.8. The molecule has 6 aromatic carbocycles. The second kappa shape index (κ2) is 42.7. The molecule has 0 aromatic heterocycles. The van der Waals surface area contributed by atoms with Crippen LogP contribution in [0.15, 0.2) is 131 Å². The number of nitro benzene ring substituents is 3. The number of amides is 5. The van der Waals surface area contributed by atoms with Crippen LogP contribution in [0.4, 0.5) is 33.2 Å². The third-order valence-corrected chi connectivity index (χ3v) is 17.2. The summed E-state index contributed by atoms with van der Waals surface area (Å²) in [4.78, 5) is 154. The standard InChI is InChI=1S/C35H31N3O10S.C22H25BN6O12.C19H28N2O7/c1-47-34(46)26(38-32(43)18-5-12-27(41)28(42)14-18)4-2-3-13-36-35(49)37-19-6-9-22(25(15-19)33(44)45)31-23-10-7-20(39)16-29(23)48-30-17-21(40)8-11-24(30)31;1-26(2)19-17(28(38)39)9-13(10-18(19)29(40)41)20(30)24-6-4-3-5-16(22(32)33)25-21(31)12-7-14(23(34)35)11-15(8-12)27(36)37;1-19(2,3)28-18(26)20-10-6-5-7-13(17(25)27-4)21-16(24)12-8-9-14(22)15(23)11-12/h5-12,14-17,26,39,41-42H,2-4,13H2,1H3,(H,38,43)(H,44,45)(H2,36,37,49);7-11,16,34-35H,3-6H2,1-2H3,(H,24,30)(H,25,31)(H,32,33);8-9,11,13,22-23H,5-7,10H2,1-4H3,(H,20,26)(H,21,24). The maximum Gasteiger partial charge on any atom is 0.488 e. The van der Waals surface area contributed by atoms with Gasteiger partial charge in [-0.2, -0.15) is 0 Å². The summed E-state index contributed by atoms with van der Waals surface area (Å²) >= 11 is 5.41. The third kappa shape index (κ3) is 26.9. The summed E-state index contributed by atoms with van der Waals surface area (Å²) in [5, 5.41) is 139. The number of aromatic carboxylic acids is 1. The number of non-ortho nitro benzene ring substituents is 1. The number of rotatable bonds is 33. The quantitative estimate of drug-likeness (QED) is 0.00231. The number of fused-ring (bicyclic) bond motifs is 2. The fourth-order valence-corrected chi connectivity index (χ4v) is 11.6. The number of aromatic hydroxyl groups is 5. The number of benzene rings is 7. The summed E-state index contributed by atoms with van der Waals surface area (Å²) in [5.74, 6) is -8.37. The zero-order valence-corrected chi connectivity index (χ0v) is 65.0. The van der Waals surface area contributed by atoms with Gasteiger partial charge < -0.3 is 107 Å². The number of carboxylic acids is 2. The number of carbonyl (C=O) groups is 9. The Hall–Kier alpha value is -14.3. The van der Waals surface area contributed by atoms with Gasteiger partial charge in [0.1, 0.15) is 40.8 Å². The van der Waals surface area contributed by atoms with Crippen molar-refractivity contribution in [1.82, 2.24) is 31.9 Å². The summed E-state index contributed by atoms with van der Waals surface area (Å²) in [6.45, 7) is 6.02. The van der Waals surface area contributed by atoms with Crippen molar-refractivity contribution in [1.29, 1.82) is 0 Å². The van der Waals surface area contributed by atoms with Crippen molar-refractivity contribution in [2.24, 2.45) is 0 Å². The largest absolute Gasteiger partial charge is 0.508 e. The van der Waals surface area contributed by atoms with Gasteiger partial charge in [-0.25, -0.2) is 24.0 Å². The average Bonchev–Trinajstić information content (AvgIpc) is 0.749. The number of methoxy groups -OCH3 is 2. The number of phenolic OH excluding ortho intramolecular Hbond substituents is 5. The molecule has 0 saturated heterocycles. The van der Waals surface area contributed by atoms with Gasteiger partial charge in [-0.1, -0.05) is 6.07 Å². The number of hydrogen-bond donors (Lipinski definition) is 16. The molecular formula is C76H84BN11O29S. The molecule has 42 heteroatoms. The lowest BCUT2D eigenvalue weighted by Crippen LogP contribution is -2.41. The van der Waals surface area contributed by atoms with Gasteiger partial charge in [0.2, 0.25) is 0 Å². The minimum atomic E-state index is -2.12. The Morgan fingerprint density at radius 2 is 1.05 bits per heavy atom. The molecule has 0 fully saturated rings. The summed E-state index contributed by atoms with van der Waals surface area (Å²) < 4.78 is 20.5.